The van der Waals surface area contributed by atoms with Crippen LogP contribution in [-0.2, 0) is 9.59 Å². The van der Waals surface area contributed by atoms with Crippen LogP contribution in [0.2, 0.25) is 9.26 Å². The Balaban J connectivity index is 0.000000505. The number of phenols is 1. The third-order valence-corrected chi connectivity index (χ3v) is 4.08. The molecule has 0 radical (unpaired) electrons. The Morgan fingerprint density at radius 3 is 2.69 bits per heavy atom. The number of amides is 1. The quantitative estimate of drug-likeness (QED) is 0.336. The van der Waals surface area contributed by atoms with Gasteiger partial charge in [0.15, 0.2) is 2.82 Å². The molecule has 2 aromatic carbocycles. The first-order valence-corrected chi connectivity index (χ1v) is 8.90. The fourth-order valence-electron chi connectivity index (χ4n) is 2.50. The number of carboxylic acid groups (broad SMARTS) is 1. The number of aliphatic carboxylic acids is 1. The van der Waals surface area contributed by atoms with Crippen LogP contribution >= 0.6 is 11.6 Å². The summed E-state index contributed by atoms with van der Waals surface area (Å²) in [6, 6.07) is 8.45. The lowest BCUT2D eigenvalue weighted by Crippen LogP contribution is -2.42. The Morgan fingerprint density at radius 2 is 2.06 bits per heavy atom. The number of carbonyl (C=O) groups is 2. The van der Waals surface area contributed by atoms with Crippen molar-refractivity contribution in [2.75, 3.05) is 10.6 Å². The zero-order valence-corrected chi connectivity index (χ0v) is 16.3. The summed E-state index contributed by atoms with van der Waals surface area (Å²) in [6.45, 7) is 0. The summed E-state index contributed by atoms with van der Waals surface area (Å²) in [5, 5.41) is 19.2. The highest BCUT2D eigenvalue weighted by molar-refractivity contribution is 6.30. The third kappa shape index (κ3) is 5.46. The maximum Gasteiger partial charge on any atom is 0.430 e. The number of fused-ring (bicyclic) bond motifs is 3. The molecule has 4 rings (SSSR count). The number of aromatic hydroxyl groups is 1. The minimum Gasteiger partial charge on any atom is -0.542 e. The van der Waals surface area contributed by atoms with Crippen LogP contribution in [0, 0.1) is 0 Å². The third-order valence-electron chi connectivity index (χ3n) is 3.84. The van der Waals surface area contributed by atoms with Crippen LogP contribution in [0.5, 0.6) is 5.75 Å². The van der Waals surface area contributed by atoms with Crippen LogP contribution in [0.3, 0.4) is 0 Å². The lowest BCUT2D eigenvalue weighted by Gasteiger charge is -2.23. The molecule has 4 N–H and O–H groups in total. The molecular weight excluding hydrogens is 455 g/mol. The van der Waals surface area contributed by atoms with E-state index in [4.69, 9.17) is 29.9 Å². The number of aromatic nitrogens is 3. The predicted molar refractivity (Wildman–Crippen MR) is 104 cm³/mol. The van der Waals surface area contributed by atoms with Gasteiger partial charge in [0.25, 0.3) is 1.43 Å². The number of rotatable bonds is 4. The number of anilines is 2. The van der Waals surface area contributed by atoms with E-state index in [1.54, 1.807) is 12.1 Å². The molecule has 0 fully saturated rings. The number of alkyl halides is 3. The summed E-state index contributed by atoms with van der Waals surface area (Å²) in [5.74, 6) is -4.12. The number of aromatic amines is 1. The van der Waals surface area contributed by atoms with Crippen molar-refractivity contribution >= 4 is 34.9 Å². The molecule has 0 aliphatic carbocycles. The lowest BCUT2D eigenvalue weighted by molar-refractivity contribution is -0.606. The first kappa shape index (κ1) is 15.9. The topological polar surface area (TPSA) is 134 Å². The lowest BCUT2D eigenvalue weighted by atomic mass is 10.1. The number of nitrogens with one attached hydrogen (secondary N) is 3. The molecule has 1 aromatic heterocycles. The molecule has 9 nitrogen and oxygen atoms in total. The Labute approximate surface area is 192 Å². The van der Waals surface area contributed by atoms with Crippen LogP contribution in [0.1, 0.15) is 21.0 Å². The maximum absolute atomic E-state index is 13.0. The van der Waals surface area contributed by atoms with E-state index in [1.165, 1.54) is 41.2 Å². The van der Waals surface area contributed by atoms with E-state index in [1.807, 2.05) is 0 Å². The number of halogens is 4. The average Bonchev–Trinajstić information content (AvgIpc) is 3.23. The van der Waals surface area contributed by atoms with E-state index in [0.717, 1.165) is 5.31 Å². The van der Waals surface area contributed by atoms with Gasteiger partial charge in [-0.3, -0.25) is 4.79 Å². The number of hydrogen-bond donors (Lipinski definition) is 4. The van der Waals surface area contributed by atoms with E-state index >= 15 is 0 Å². The van der Waals surface area contributed by atoms with Gasteiger partial charge in [0.05, 0.1) is 12.1 Å². The Bertz CT molecular complexity index is 1360. The second-order valence-electron chi connectivity index (χ2n) is 6.06. The largest absolute Gasteiger partial charge is 0.542 e. The standard InChI is InChI=1S/C17H14ClN5O2.C2HF3O2/c18-10-1-6-15-13(7-10)21-14(17-22-19-9-23(15)17)8-16(25)20-11-2-4-12(24)5-3-11;3-2(4,5)1(6)7/h1-7,9,14,21H,8H2,(H2,20,24,25);(H,6,7)/i8D2;/hD4. The van der Waals surface area contributed by atoms with Crippen molar-refractivity contribution in [1.29, 1.82) is 1.43 Å². The molecule has 1 atom stereocenters. The normalized spacial score (nSPS) is 17.5. The second-order valence-corrected chi connectivity index (χ2v) is 6.50. The van der Waals surface area contributed by atoms with Gasteiger partial charge in [-0.15, -0.1) is 5.09 Å². The number of nitrogens with zero attached hydrogens (tertiary/aromatic N) is 2. The molecule has 13 heteroatoms. The van der Waals surface area contributed by atoms with Crippen molar-refractivity contribution in [3.05, 3.63) is 59.6 Å². The average molecular weight is 476 g/mol. The number of carbonyl (C=O) groups excluding carboxylic acids is 2. The molecule has 1 aliphatic rings. The van der Waals surface area contributed by atoms with Crippen molar-refractivity contribution in [1.82, 2.24) is 10.2 Å². The Morgan fingerprint density at radius 1 is 1.38 bits per heavy atom. The van der Waals surface area contributed by atoms with E-state index in [-0.39, 0.29) is 22.9 Å². The van der Waals surface area contributed by atoms with Crippen molar-refractivity contribution in [2.24, 2.45) is 0 Å². The van der Waals surface area contributed by atoms with Crippen molar-refractivity contribution < 1.29 is 44.5 Å². The molecule has 2 heterocycles. The van der Waals surface area contributed by atoms with Crippen LogP contribution in [0.25, 0.3) is 5.69 Å². The van der Waals surface area contributed by atoms with E-state index in [0.29, 0.717) is 21.1 Å². The highest BCUT2D eigenvalue weighted by Gasteiger charge is 2.33. The van der Waals surface area contributed by atoms with Crippen LogP contribution < -0.4 is 20.3 Å². The maximum atomic E-state index is 13.0. The van der Waals surface area contributed by atoms with Gasteiger partial charge in [0.2, 0.25) is 12.2 Å². The van der Waals surface area contributed by atoms with Crippen LogP contribution in [0.15, 0.2) is 48.8 Å². The minimum atomic E-state index is -5.19. The number of benzene rings is 2. The molecule has 1 amide bonds. The summed E-state index contributed by atoms with van der Waals surface area (Å²) in [6.07, 6.45) is -6.70. The molecule has 1 aliphatic heterocycles. The summed E-state index contributed by atoms with van der Waals surface area (Å²) in [4.78, 5) is 21.8. The molecule has 168 valence electrons. The SMILES string of the molecule is O=C([O-])C(F)(F)F.[2H]Oc1ccc(N([2H])C(=O)C([2H])([2H])C2c3nn([2H])c[n+]3-c3ccc(Cl)cc3N2[2H])cc1. The fraction of sp³-hybridized carbons (Fsp3) is 0.158. The molecule has 3 aromatic rings. The Hall–Kier alpha value is -3.80. The molecule has 0 saturated heterocycles. The molecule has 32 heavy (non-hydrogen) atoms. The number of H-pyrrole nitrogens is 1. The number of carboxylic acids is 1. The van der Waals surface area contributed by atoms with Gasteiger partial charge in [0.1, 0.15) is 23.4 Å². The molecule has 1 unspecified atom stereocenters. The van der Waals surface area contributed by atoms with Crippen LogP contribution in [0.4, 0.5) is 24.5 Å². The van der Waals surface area contributed by atoms with Gasteiger partial charge >= 0.3 is 13.4 Å². The van der Waals surface area contributed by atoms with Crippen molar-refractivity contribution in [3.8, 4) is 11.4 Å². The van der Waals surface area contributed by atoms with Gasteiger partial charge in [0, 0.05) is 18.6 Å². The molecule has 0 spiro atoms. The van der Waals surface area contributed by atoms with Gasteiger partial charge < -0.3 is 25.6 Å². The molecular formula is C19H15ClF3N5O4. The highest BCUT2D eigenvalue weighted by atomic mass is 35.5. The van der Waals surface area contributed by atoms with Crippen molar-refractivity contribution in [2.45, 2.75) is 18.6 Å². The Kier molecular flexibility index (Phi) is 4.55. The minimum absolute atomic E-state index is 0.0457. The second kappa shape index (κ2) is 9.14. The summed E-state index contributed by atoms with van der Waals surface area (Å²) in [5.41, 5.74) is 0.707. The number of hydrogen-bond acceptors (Lipinski definition) is 6. The smallest absolute Gasteiger partial charge is 0.430 e. The monoisotopic (exact) mass is 475 g/mol. The first-order chi connectivity index (χ1) is 17.6. The fourth-order valence-corrected chi connectivity index (χ4v) is 2.67. The zero-order valence-electron chi connectivity index (χ0n) is 21.6. The van der Waals surface area contributed by atoms with Gasteiger partial charge in [-0.05, 0) is 42.5 Å². The summed E-state index contributed by atoms with van der Waals surface area (Å²) < 4.78 is 81.4. The van der Waals surface area contributed by atoms with Crippen molar-refractivity contribution in [3.63, 3.8) is 0 Å². The molecule has 0 saturated carbocycles. The van der Waals surface area contributed by atoms with E-state index in [9.17, 15) is 18.0 Å². The first-order valence-electron chi connectivity index (χ1n) is 11.3. The summed E-state index contributed by atoms with van der Waals surface area (Å²) >= 11 is 6.05. The highest BCUT2D eigenvalue weighted by Crippen LogP contribution is 2.30. The predicted octanol–water partition coefficient (Wildman–Crippen LogP) is 1.84. The zero-order chi connectivity index (χ0) is 28.6. The van der Waals surface area contributed by atoms with E-state index < -0.39 is 30.5 Å². The van der Waals surface area contributed by atoms with Gasteiger partial charge in [-0.25, -0.2) is 0 Å². The van der Waals surface area contributed by atoms with Gasteiger partial charge in [-0.2, -0.15) is 17.7 Å². The van der Waals surface area contributed by atoms with E-state index in [2.05, 4.69) is 10.2 Å². The van der Waals surface area contributed by atoms with Crippen LogP contribution in [-0.4, -0.2) is 34.8 Å². The summed E-state index contributed by atoms with van der Waals surface area (Å²) in [7, 11) is 0. The number of phenolic OH excluding ortho intramolecular Hbond substituents is 1. The van der Waals surface area contributed by atoms with Gasteiger partial charge in [-0.1, -0.05) is 11.6 Å². The molecule has 0 bridgehead atoms.